The number of esters is 1. The molecular formula is C15H24N4O5S2. The Kier molecular flexibility index (Phi) is 6.36. The first kappa shape index (κ1) is 19.8. The van der Waals surface area contributed by atoms with Crippen LogP contribution in [0, 0.1) is 5.21 Å². The molecule has 0 bridgehead atoms. The van der Waals surface area contributed by atoms with Gasteiger partial charge >= 0.3 is 11.1 Å². The fourth-order valence-electron chi connectivity index (χ4n) is 3.00. The highest BCUT2D eigenvalue weighted by Gasteiger charge is 2.46. The van der Waals surface area contributed by atoms with Crippen molar-refractivity contribution in [1.29, 1.82) is 0 Å². The maximum absolute atomic E-state index is 13.4. The molecule has 0 amide bonds. The van der Waals surface area contributed by atoms with Crippen molar-refractivity contribution in [3.8, 4) is 0 Å². The van der Waals surface area contributed by atoms with Crippen molar-refractivity contribution in [2.45, 2.75) is 49.3 Å². The molecule has 11 heteroatoms. The lowest BCUT2D eigenvalue weighted by atomic mass is 10.2. The van der Waals surface area contributed by atoms with Gasteiger partial charge in [0.15, 0.2) is 6.10 Å². The van der Waals surface area contributed by atoms with Crippen molar-refractivity contribution in [2.24, 2.45) is 0 Å². The highest BCUT2D eigenvalue weighted by atomic mass is 32.2. The second kappa shape index (κ2) is 8.36. The van der Waals surface area contributed by atoms with Crippen LogP contribution >= 0.6 is 11.3 Å². The molecule has 0 N–H and O–H groups in total. The van der Waals surface area contributed by atoms with E-state index in [0.717, 1.165) is 30.6 Å². The first-order chi connectivity index (χ1) is 12.4. The summed E-state index contributed by atoms with van der Waals surface area (Å²) in [6.45, 7) is 2.95. The summed E-state index contributed by atoms with van der Waals surface area (Å²) in [6, 6.07) is 0. The number of hydrogen-bond donors (Lipinski definition) is 0. The van der Waals surface area contributed by atoms with Gasteiger partial charge in [0.1, 0.15) is 6.67 Å². The predicted octanol–water partition coefficient (Wildman–Crippen LogP) is 1.20. The Bertz CT molecular complexity index is 666. The van der Waals surface area contributed by atoms with Gasteiger partial charge in [-0.25, -0.2) is 9.69 Å². The molecule has 146 valence electrons. The van der Waals surface area contributed by atoms with E-state index >= 15 is 0 Å². The summed E-state index contributed by atoms with van der Waals surface area (Å²) in [5.74, 6) is -0.00108. The van der Waals surface area contributed by atoms with Gasteiger partial charge in [0, 0.05) is 12.4 Å². The smallest absolute Gasteiger partial charge is 0.339 e. The van der Waals surface area contributed by atoms with Crippen LogP contribution in [0.25, 0.3) is 0 Å². The Hall–Kier alpha value is -0.980. The van der Waals surface area contributed by atoms with Crippen molar-refractivity contribution in [2.75, 3.05) is 32.6 Å². The Morgan fingerprint density at radius 1 is 1.54 bits per heavy atom. The molecule has 3 heterocycles. The van der Waals surface area contributed by atoms with Crippen molar-refractivity contribution in [3.63, 3.8) is 0 Å². The molecule has 2 fully saturated rings. The Morgan fingerprint density at radius 2 is 2.35 bits per heavy atom. The first-order valence-corrected chi connectivity index (χ1v) is 10.9. The molecule has 0 aliphatic carbocycles. The largest absolute Gasteiger partial charge is 0.622 e. The summed E-state index contributed by atoms with van der Waals surface area (Å²) in [4.78, 5) is 14.1. The van der Waals surface area contributed by atoms with E-state index in [4.69, 9.17) is 9.47 Å². The third-order valence-corrected chi connectivity index (χ3v) is 7.19. The van der Waals surface area contributed by atoms with E-state index in [9.17, 15) is 14.2 Å². The van der Waals surface area contributed by atoms with E-state index in [-0.39, 0.29) is 11.8 Å². The number of hydrogen-bond acceptors (Lipinski definition) is 9. The van der Waals surface area contributed by atoms with E-state index in [1.165, 1.54) is 0 Å². The fraction of sp³-hybridized carbons (Fsp3) is 0.800. The maximum Gasteiger partial charge on any atom is 0.339 e. The van der Waals surface area contributed by atoms with Crippen LogP contribution in [0.4, 0.5) is 5.13 Å². The van der Waals surface area contributed by atoms with Gasteiger partial charge in [0.2, 0.25) is 4.34 Å². The topological polar surface area (TPSA) is 105 Å². The number of carbonyl (C=O) groups is 1. The third kappa shape index (κ3) is 4.12. The lowest BCUT2D eigenvalue weighted by Gasteiger charge is -2.38. The standard InChI is InChI=1S/C15H24N4O5S2/c1-3-4-8-26(22)15-17-16-14(25-15)19(21)10-18(2)9-12(19)24-13(20)11-6-5-7-23-11/h11-12H,3-10H2,1-2H3. The van der Waals surface area contributed by atoms with E-state index in [1.54, 1.807) is 11.9 Å². The molecule has 0 radical (unpaired) electrons. The van der Waals surface area contributed by atoms with Gasteiger partial charge in [0.25, 0.3) is 6.23 Å². The van der Waals surface area contributed by atoms with Crippen molar-refractivity contribution in [3.05, 3.63) is 5.21 Å². The SMILES string of the molecule is CCCCS(=O)c1nnc([N+]2([O-])CN(C)CC2OC(=O)C2CCCO2)s1. The van der Waals surface area contributed by atoms with Gasteiger partial charge in [-0.1, -0.05) is 18.4 Å². The second-order valence-electron chi connectivity index (χ2n) is 6.62. The van der Waals surface area contributed by atoms with Gasteiger partial charge in [-0.05, 0) is 37.6 Å². The average molecular weight is 405 g/mol. The molecule has 2 aliphatic rings. The average Bonchev–Trinajstić information content (AvgIpc) is 3.34. The van der Waals surface area contributed by atoms with Gasteiger partial charge in [-0.2, -0.15) is 0 Å². The Labute approximate surface area is 158 Å². The van der Waals surface area contributed by atoms with Gasteiger partial charge in [0.05, 0.1) is 17.3 Å². The van der Waals surface area contributed by atoms with Crippen LogP contribution in [-0.4, -0.2) is 70.2 Å². The molecular weight excluding hydrogens is 380 g/mol. The Balaban J connectivity index is 1.74. The minimum absolute atomic E-state index is 0.0969. The minimum Gasteiger partial charge on any atom is -0.622 e. The van der Waals surface area contributed by atoms with Crippen molar-refractivity contribution in [1.82, 2.24) is 19.7 Å². The first-order valence-electron chi connectivity index (χ1n) is 8.76. The number of carbonyl (C=O) groups excluding carboxylic acids is 1. The molecule has 26 heavy (non-hydrogen) atoms. The van der Waals surface area contributed by atoms with Crippen LogP contribution in [0.2, 0.25) is 0 Å². The fourth-order valence-corrected chi connectivity index (χ4v) is 5.35. The second-order valence-corrected chi connectivity index (χ2v) is 9.32. The lowest BCUT2D eigenvalue weighted by Crippen LogP contribution is -2.51. The number of aromatic nitrogens is 2. The summed E-state index contributed by atoms with van der Waals surface area (Å²) in [6.07, 6.45) is 1.65. The molecule has 3 rings (SSSR count). The summed E-state index contributed by atoms with van der Waals surface area (Å²) in [5.41, 5.74) is 0. The molecule has 1 aromatic heterocycles. The zero-order chi connectivity index (χ0) is 18.7. The summed E-state index contributed by atoms with van der Waals surface area (Å²) < 4.78 is 22.5. The summed E-state index contributed by atoms with van der Waals surface area (Å²) in [7, 11) is 0.525. The maximum atomic E-state index is 13.4. The molecule has 0 aromatic carbocycles. The third-order valence-electron chi connectivity index (χ3n) is 4.43. The van der Waals surface area contributed by atoms with E-state index < -0.39 is 33.7 Å². The van der Waals surface area contributed by atoms with Crippen LogP contribution in [0.1, 0.15) is 32.6 Å². The minimum atomic E-state index is -1.26. The Morgan fingerprint density at radius 3 is 3.04 bits per heavy atom. The lowest BCUT2D eigenvalue weighted by molar-refractivity contribution is -0.164. The van der Waals surface area contributed by atoms with Crippen LogP contribution in [-0.2, 0) is 25.1 Å². The number of quaternary nitrogens is 1. The van der Waals surface area contributed by atoms with Gasteiger partial charge in [-0.15, -0.1) is 5.10 Å². The quantitative estimate of drug-likeness (QED) is 0.379. The predicted molar refractivity (Wildman–Crippen MR) is 97.6 cm³/mol. The molecule has 1 aromatic rings. The van der Waals surface area contributed by atoms with Crippen LogP contribution < -0.4 is 4.65 Å². The molecule has 2 saturated heterocycles. The van der Waals surface area contributed by atoms with Crippen LogP contribution in [0.15, 0.2) is 4.34 Å². The van der Waals surface area contributed by atoms with Crippen molar-refractivity contribution >= 4 is 33.2 Å². The molecule has 9 nitrogen and oxygen atoms in total. The molecule has 0 saturated carbocycles. The van der Waals surface area contributed by atoms with Gasteiger partial charge < -0.3 is 14.7 Å². The number of rotatable bonds is 7. The number of nitrogens with zero attached hydrogens (tertiary/aromatic N) is 4. The summed E-state index contributed by atoms with van der Waals surface area (Å²) >= 11 is 1.04. The number of ether oxygens (including phenoxy) is 2. The molecule has 4 unspecified atom stereocenters. The van der Waals surface area contributed by atoms with E-state index in [0.29, 0.717) is 29.7 Å². The number of unbranched alkanes of at least 4 members (excludes halogenated alkanes) is 1. The molecule has 4 atom stereocenters. The zero-order valence-electron chi connectivity index (χ0n) is 15.0. The van der Waals surface area contributed by atoms with Crippen LogP contribution in [0.5, 0.6) is 0 Å². The van der Waals surface area contributed by atoms with Gasteiger partial charge in [-0.3, -0.25) is 8.86 Å². The van der Waals surface area contributed by atoms with Crippen molar-refractivity contribution < 1.29 is 18.5 Å². The number of likely N-dealkylation sites (N-methyl/N-ethyl adjacent to an activating group) is 1. The van der Waals surface area contributed by atoms with E-state index in [2.05, 4.69) is 10.2 Å². The molecule has 2 aliphatic heterocycles. The number of hydroxylamine groups is 2. The van der Waals surface area contributed by atoms with E-state index in [1.807, 2.05) is 6.92 Å². The molecule has 0 spiro atoms. The monoisotopic (exact) mass is 404 g/mol. The van der Waals surface area contributed by atoms with Crippen LogP contribution in [0.3, 0.4) is 0 Å². The highest BCUT2D eigenvalue weighted by Crippen LogP contribution is 2.35. The highest BCUT2D eigenvalue weighted by molar-refractivity contribution is 7.87. The summed E-state index contributed by atoms with van der Waals surface area (Å²) in [5, 5.41) is 21.5. The zero-order valence-corrected chi connectivity index (χ0v) is 16.6. The normalized spacial score (nSPS) is 30.6.